The third kappa shape index (κ3) is 5.07. The molecule has 4 aromatic carbocycles. The number of nitro benzene ring substituents is 1. The van der Waals surface area contributed by atoms with Gasteiger partial charge in [0.15, 0.2) is 12.4 Å². The Morgan fingerprint density at radius 1 is 0.925 bits per heavy atom. The predicted octanol–water partition coefficient (Wildman–Crippen LogP) is 6.18. The summed E-state index contributed by atoms with van der Waals surface area (Å²) in [6, 6.07) is 20.2. The number of methoxy groups -OCH3 is 1. The SMILES string of the molecule is COc1cc2c(cc1NC(=O)COC(=O)c1ccccc1C(=O)c1ccc(Cl)c([N+](=O)[O-])c1)oc1ccccc12. The van der Waals surface area contributed by atoms with Crippen molar-refractivity contribution < 1.29 is 33.2 Å². The number of hydrogen-bond acceptors (Lipinski definition) is 8. The topological polar surface area (TPSA) is 138 Å². The van der Waals surface area contributed by atoms with Gasteiger partial charge >= 0.3 is 5.97 Å². The van der Waals surface area contributed by atoms with E-state index in [0.29, 0.717) is 22.6 Å². The molecule has 1 aromatic heterocycles. The largest absolute Gasteiger partial charge is 0.495 e. The van der Waals surface area contributed by atoms with Crippen LogP contribution in [0.5, 0.6) is 5.75 Å². The lowest BCUT2D eigenvalue weighted by atomic mass is 9.98. The first-order chi connectivity index (χ1) is 19.3. The molecule has 0 fully saturated rings. The molecular formula is C29H19ClN2O8. The van der Waals surface area contributed by atoms with Crippen LogP contribution in [-0.4, -0.2) is 36.3 Å². The zero-order chi connectivity index (χ0) is 28.4. The molecule has 1 amide bonds. The number of carbonyl (C=O) groups excluding carboxylic acids is 3. The highest BCUT2D eigenvalue weighted by atomic mass is 35.5. The second kappa shape index (κ2) is 10.9. The van der Waals surface area contributed by atoms with Crippen LogP contribution in [-0.2, 0) is 9.53 Å². The molecular weight excluding hydrogens is 540 g/mol. The molecule has 0 saturated carbocycles. The Morgan fingerprint density at radius 2 is 1.65 bits per heavy atom. The fourth-order valence-corrected chi connectivity index (χ4v) is 4.41. The number of amides is 1. The molecule has 1 heterocycles. The van der Waals surface area contributed by atoms with E-state index < -0.39 is 34.9 Å². The number of rotatable bonds is 8. The van der Waals surface area contributed by atoms with Crippen LogP contribution in [0.25, 0.3) is 21.9 Å². The van der Waals surface area contributed by atoms with Crippen LogP contribution in [0.4, 0.5) is 11.4 Å². The number of halogens is 1. The van der Waals surface area contributed by atoms with Gasteiger partial charge in [0.25, 0.3) is 11.6 Å². The molecule has 200 valence electrons. The fraction of sp³-hybridized carbons (Fsp3) is 0.0690. The van der Waals surface area contributed by atoms with Crippen LogP contribution in [0.3, 0.4) is 0 Å². The normalized spacial score (nSPS) is 10.8. The van der Waals surface area contributed by atoms with E-state index in [-0.39, 0.29) is 21.7 Å². The minimum Gasteiger partial charge on any atom is -0.495 e. The van der Waals surface area contributed by atoms with Crippen LogP contribution in [0.1, 0.15) is 26.3 Å². The molecule has 0 radical (unpaired) electrons. The lowest BCUT2D eigenvalue weighted by Gasteiger charge is -2.12. The van der Waals surface area contributed by atoms with Gasteiger partial charge in [-0.2, -0.15) is 0 Å². The summed E-state index contributed by atoms with van der Waals surface area (Å²) in [5.41, 5.74) is 0.876. The van der Waals surface area contributed by atoms with Gasteiger partial charge in [-0.25, -0.2) is 4.79 Å². The molecule has 1 N–H and O–H groups in total. The average Bonchev–Trinajstić information content (AvgIpc) is 3.32. The van der Waals surface area contributed by atoms with E-state index in [0.717, 1.165) is 16.8 Å². The van der Waals surface area contributed by atoms with Gasteiger partial charge in [0, 0.05) is 34.0 Å². The standard InChI is InChI=1S/C29H19ClN2O8/c1-38-26-13-20-17-6-4-5-9-24(17)40-25(20)14-22(26)31-27(33)15-39-29(35)19-8-3-2-7-18(19)28(34)16-10-11-21(30)23(12-16)32(36)37/h2-14H,15H2,1H3,(H,31,33). The second-order valence-electron chi connectivity index (χ2n) is 8.57. The van der Waals surface area contributed by atoms with Gasteiger partial charge in [0.2, 0.25) is 0 Å². The lowest BCUT2D eigenvalue weighted by Crippen LogP contribution is -2.22. The molecule has 0 aliphatic heterocycles. The highest BCUT2D eigenvalue weighted by Crippen LogP contribution is 2.36. The maximum absolute atomic E-state index is 13.1. The second-order valence-corrected chi connectivity index (χ2v) is 8.98. The molecule has 0 spiro atoms. The highest BCUT2D eigenvalue weighted by Gasteiger charge is 2.23. The number of carbonyl (C=O) groups is 3. The summed E-state index contributed by atoms with van der Waals surface area (Å²) < 4.78 is 16.5. The Morgan fingerprint density at radius 3 is 2.40 bits per heavy atom. The van der Waals surface area contributed by atoms with Crippen molar-refractivity contribution in [1.82, 2.24) is 0 Å². The number of benzene rings is 4. The summed E-state index contributed by atoms with van der Waals surface area (Å²) in [5, 5.41) is 15.4. The van der Waals surface area contributed by atoms with E-state index in [2.05, 4.69) is 5.32 Å². The van der Waals surface area contributed by atoms with Crippen molar-refractivity contribution in [3.8, 4) is 5.75 Å². The maximum atomic E-state index is 13.1. The van der Waals surface area contributed by atoms with E-state index >= 15 is 0 Å². The third-order valence-corrected chi connectivity index (χ3v) is 6.42. The van der Waals surface area contributed by atoms with E-state index in [1.165, 1.54) is 43.5 Å². The number of para-hydroxylation sites is 1. The van der Waals surface area contributed by atoms with Gasteiger partial charge in [0.05, 0.1) is 23.3 Å². The van der Waals surface area contributed by atoms with Crippen LogP contribution < -0.4 is 10.1 Å². The van der Waals surface area contributed by atoms with Gasteiger partial charge in [-0.15, -0.1) is 0 Å². The van der Waals surface area contributed by atoms with Crippen molar-refractivity contribution in [2.24, 2.45) is 0 Å². The molecule has 0 bridgehead atoms. The van der Waals surface area contributed by atoms with Gasteiger partial charge in [-0.3, -0.25) is 19.7 Å². The Kier molecular flexibility index (Phi) is 7.17. The summed E-state index contributed by atoms with van der Waals surface area (Å²) >= 11 is 5.84. The summed E-state index contributed by atoms with van der Waals surface area (Å²) in [7, 11) is 1.46. The predicted molar refractivity (Wildman–Crippen MR) is 147 cm³/mol. The van der Waals surface area contributed by atoms with Gasteiger partial charge in [-0.1, -0.05) is 48.0 Å². The Balaban J connectivity index is 1.32. The first-order valence-corrected chi connectivity index (χ1v) is 12.2. The molecule has 10 nitrogen and oxygen atoms in total. The number of furan rings is 1. The molecule has 0 saturated heterocycles. The van der Waals surface area contributed by atoms with Crippen molar-refractivity contribution in [1.29, 1.82) is 0 Å². The van der Waals surface area contributed by atoms with Crippen LogP contribution >= 0.6 is 11.6 Å². The maximum Gasteiger partial charge on any atom is 0.339 e. The first kappa shape index (κ1) is 26.4. The van der Waals surface area contributed by atoms with Gasteiger partial charge in [-0.05, 0) is 30.3 Å². The molecule has 11 heteroatoms. The summed E-state index contributed by atoms with van der Waals surface area (Å²) in [6.45, 7) is -0.658. The molecule has 40 heavy (non-hydrogen) atoms. The highest BCUT2D eigenvalue weighted by molar-refractivity contribution is 6.33. The number of nitrogens with one attached hydrogen (secondary N) is 1. The zero-order valence-corrected chi connectivity index (χ0v) is 21.6. The minimum atomic E-state index is -0.928. The summed E-state index contributed by atoms with van der Waals surface area (Å²) in [5.74, 6) is -1.85. The molecule has 0 atom stereocenters. The van der Waals surface area contributed by atoms with Crippen molar-refractivity contribution in [3.63, 3.8) is 0 Å². The van der Waals surface area contributed by atoms with Crippen molar-refractivity contribution >= 4 is 62.6 Å². The zero-order valence-electron chi connectivity index (χ0n) is 20.8. The Labute approximate surface area is 231 Å². The van der Waals surface area contributed by atoms with Crippen LogP contribution in [0, 0.1) is 10.1 Å². The average molecular weight is 559 g/mol. The fourth-order valence-electron chi connectivity index (χ4n) is 4.22. The smallest absolute Gasteiger partial charge is 0.339 e. The molecule has 5 aromatic rings. The van der Waals surface area contributed by atoms with Crippen LogP contribution in [0.15, 0.2) is 83.3 Å². The monoisotopic (exact) mass is 558 g/mol. The number of esters is 1. The Hall–Kier alpha value is -5.22. The number of ether oxygens (including phenoxy) is 2. The summed E-state index contributed by atoms with van der Waals surface area (Å²) in [4.78, 5) is 49.2. The third-order valence-electron chi connectivity index (χ3n) is 6.10. The summed E-state index contributed by atoms with van der Waals surface area (Å²) in [6.07, 6.45) is 0. The number of ketones is 1. The van der Waals surface area contributed by atoms with Crippen molar-refractivity contribution in [2.75, 3.05) is 19.0 Å². The number of nitro groups is 1. The molecule has 0 aliphatic rings. The number of nitrogens with zero attached hydrogens (tertiary/aromatic N) is 1. The molecule has 0 unspecified atom stereocenters. The molecule has 0 aliphatic carbocycles. The Bertz CT molecular complexity index is 1830. The van der Waals surface area contributed by atoms with Crippen LogP contribution in [0.2, 0.25) is 5.02 Å². The number of fused-ring (bicyclic) bond motifs is 3. The number of anilines is 1. The lowest BCUT2D eigenvalue weighted by molar-refractivity contribution is -0.384. The van der Waals surface area contributed by atoms with E-state index in [4.69, 9.17) is 25.5 Å². The number of hydrogen-bond donors (Lipinski definition) is 1. The quantitative estimate of drug-likeness (QED) is 0.103. The van der Waals surface area contributed by atoms with E-state index in [9.17, 15) is 24.5 Å². The molecule has 5 rings (SSSR count). The van der Waals surface area contributed by atoms with Crippen molar-refractivity contribution in [3.05, 3.63) is 111 Å². The van der Waals surface area contributed by atoms with Crippen molar-refractivity contribution in [2.45, 2.75) is 0 Å². The minimum absolute atomic E-state index is 0.0397. The van der Waals surface area contributed by atoms with Gasteiger partial charge < -0.3 is 19.2 Å². The van der Waals surface area contributed by atoms with E-state index in [1.807, 2.05) is 24.3 Å². The first-order valence-electron chi connectivity index (χ1n) is 11.8. The van der Waals surface area contributed by atoms with E-state index in [1.54, 1.807) is 12.1 Å². The van der Waals surface area contributed by atoms with Gasteiger partial charge in [0.1, 0.15) is 21.9 Å².